The molecule has 0 amide bonds. The fraction of sp³-hybridized carbons (Fsp3) is 0.143. The van der Waals surface area contributed by atoms with Crippen LogP contribution in [0.3, 0.4) is 0 Å². The molecule has 6 heteroatoms. The third-order valence-electron chi connectivity index (χ3n) is 2.42. The van der Waals surface area contributed by atoms with Crippen LogP contribution in [0.1, 0.15) is 6.92 Å². The minimum Gasteiger partial charge on any atom is -0.414 e. The lowest BCUT2D eigenvalue weighted by atomic mass is 10.3. The van der Waals surface area contributed by atoms with Crippen molar-refractivity contribution in [3.8, 4) is 11.5 Å². The average molecular weight is 331 g/mol. The van der Waals surface area contributed by atoms with E-state index in [4.69, 9.17) is 32.2 Å². The lowest BCUT2D eigenvalue weighted by Crippen LogP contribution is -2.17. The Labute approximate surface area is 128 Å². The van der Waals surface area contributed by atoms with Gasteiger partial charge in [0.1, 0.15) is 11.5 Å². The number of benzene rings is 2. The van der Waals surface area contributed by atoms with E-state index >= 15 is 0 Å². The van der Waals surface area contributed by atoms with Crippen LogP contribution in [0.15, 0.2) is 60.7 Å². The van der Waals surface area contributed by atoms with E-state index in [0.29, 0.717) is 11.5 Å². The van der Waals surface area contributed by atoms with Gasteiger partial charge in [0.05, 0.1) is 0 Å². The molecule has 0 unspecified atom stereocenters. The standard InChI is InChI=1S/C14H13Cl2O3P/c1-14(15,16)20(17,18-12-8-4-2-5-9-12)19-13-10-6-3-7-11-13/h2-11H,1H3. The largest absolute Gasteiger partial charge is 0.466 e. The Bertz CT molecular complexity index is 551. The van der Waals surface area contributed by atoms with Crippen LogP contribution < -0.4 is 9.05 Å². The van der Waals surface area contributed by atoms with E-state index in [-0.39, 0.29) is 0 Å². The third kappa shape index (κ3) is 3.69. The Balaban J connectivity index is 2.30. The molecule has 3 nitrogen and oxygen atoms in total. The number of halogens is 2. The molecule has 0 saturated heterocycles. The zero-order valence-corrected chi connectivity index (χ0v) is 13.1. The number of para-hydroxylation sites is 2. The van der Waals surface area contributed by atoms with Gasteiger partial charge in [0.25, 0.3) is 0 Å². The number of rotatable bonds is 5. The molecule has 106 valence electrons. The van der Waals surface area contributed by atoms with Crippen LogP contribution in [-0.4, -0.2) is 4.07 Å². The molecular weight excluding hydrogens is 318 g/mol. The molecule has 0 saturated carbocycles. The van der Waals surface area contributed by atoms with E-state index in [0.717, 1.165) is 0 Å². The Morgan fingerprint density at radius 2 is 1.20 bits per heavy atom. The highest BCUT2D eigenvalue weighted by Crippen LogP contribution is 2.63. The molecule has 0 aliphatic rings. The minimum atomic E-state index is -3.82. The summed E-state index contributed by atoms with van der Waals surface area (Å²) in [5.74, 6) is 0.749. The molecule has 0 aliphatic heterocycles. The SMILES string of the molecule is CC(Cl)(Cl)P(=O)(Oc1ccccc1)Oc1ccccc1. The van der Waals surface area contributed by atoms with Crippen molar-refractivity contribution in [1.82, 2.24) is 0 Å². The van der Waals surface area contributed by atoms with Crippen LogP contribution in [0.4, 0.5) is 0 Å². The molecular formula is C14H13Cl2O3P. The molecule has 0 N–H and O–H groups in total. The fourth-order valence-corrected chi connectivity index (χ4v) is 2.99. The van der Waals surface area contributed by atoms with E-state index in [1.807, 2.05) is 12.1 Å². The van der Waals surface area contributed by atoms with Crippen molar-refractivity contribution in [2.75, 3.05) is 0 Å². The molecule has 0 fully saturated rings. The monoisotopic (exact) mass is 330 g/mol. The summed E-state index contributed by atoms with van der Waals surface area (Å²) in [6, 6.07) is 17.3. The highest BCUT2D eigenvalue weighted by atomic mass is 35.5. The first-order valence-electron chi connectivity index (χ1n) is 5.88. The number of alkyl halides is 2. The van der Waals surface area contributed by atoms with Gasteiger partial charge in [-0.15, -0.1) is 0 Å². The summed E-state index contributed by atoms with van der Waals surface area (Å²) in [7, 11) is -3.82. The van der Waals surface area contributed by atoms with Crippen LogP contribution >= 0.6 is 30.8 Å². The quantitative estimate of drug-likeness (QED) is 0.537. The molecule has 20 heavy (non-hydrogen) atoms. The predicted molar refractivity (Wildman–Crippen MR) is 81.9 cm³/mol. The Morgan fingerprint density at radius 3 is 1.50 bits per heavy atom. The Hall–Kier alpha value is -1.15. The lowest BCUT2D eigenvalue weighted by Gasteiger charge is -2.26. The van der Waals surface area contributed by atoms with Gasteiger partial charge in [-0.2, -0.15) is 0 Å². The Kier molecular flexibility index (Phi) is 4.64. The maximum atomic E-state index is 12.9. The van der Waals surface area contributed by atoms with Crippen molar-refractivity contribution in [2.24, 2.45) is 0 Å². The second kappa shape index (κ2) is 6.09. The summed E-state index contributed by atoms with van der Waals surface area (Å²) in [6.07, 6.45) is 0. The summed E-state index contributed by atoms with van der Waals surface area (Å²) in [6.45, 7) is 1.38. The van der Waals surface area contributed by atoms with Gasteiger partial charge in [0, 0.05) is 0 Å². The maximum absolute atomic E-state index is 12.9. The summed E-state index contributed by atoms with van der Waals surface area (Å²) in [4.78, 5) is 0. The molecule has 0 bridgehead atoms. The van der Waals surface area contributed by atoms with Crippen molar-refractivity contribution in [1.29, 1.82) is 0 Å². The van der Waals surface area contributed by atoms with Crippen LogP contribution in [0.2, 0.25) is 0 Å². The number of hydrogen-bond donors (Lipinski definition) is 0. The first-order valence-corrected chi connectivity index (χ1v) is 8.18. The third-order valence-corrected chi connectivity index (χ3v) is 5.52. The highest BCUT2D eigenvalue weighted by Gasteiger charge is 2.48. The molecule has 0 radical (unpaired) electrons. The van der Waals surface area contributed by atoms with Gasteiger partial charge in [0.2, 0.25) is 4.07 Å². The van der Waals surface area contributed by atoms with E-state index in [1.54, 1.807) is 48.5 Å². The van der Waals surface area contributed by atoms with Crippen LogP contribution in [0.25, 0.3) is 0 Å². The molecule has 0 heterocycles. The molecule has 2 rings (SSSR count). The topological polar surface area (TPSA) is 35.5 Å². The second-order valence-corrected chi connectivity index (χ2v) is 8.64. The van der Waals surface area contributed by atoms with Crippen LogP contribution in [0.5, 0.6) is 11.5 Å². The fourth-order valence-electron chi connectivity index (χ4n) is 1.42. The zero-order chi connectivity index (χ0) is 14.6. The lowest BCUT2D eigenvalue weighted by molar-refractivity contribution is 0.379. The first kappa shape index (κ1) is 15.2. The first-order chi connectivity index (χ1) is 9.41. The summed E-state index contributed by atoms with van der Waals surface area (Å²) in [5.41, 5.74) is 0. The smallest absolute Gasteiger partial charge is 0.414 e. The molecule has 0 atom stereocenters. The molecule has 0 spiro atoms. The Morgan fingerprint density at radius 1 is 0.850 bits per heavy atom. The van der Waals surface area contributed by atoms with Crippen molar-refractivity contribution in [3.63, 3.8) is 0 Å². The summed E-state index contributed by atoms with van der Waals surface area (Å²) < 4.78 is 22.1. The van der Waals surface area contributed by atoms with Crippen molar-refractivity contribution in [2.45, 2.75) is 11.0 Å². The van der Waals surface area contributed by atoms with Gasteiger partial charge in [-0.3, -0.25) is 0 Å². The second-order valence-electron chi connectivity index (χ2n) is 4.15. The summed E-state index contributed by atoms with van der Waals surface area (Å²) in [5, 5.41) is 0. The van der Waals surface area contributed by atoms with E-state index in [9.17, 15) is 4.57 Å². The maximum Gasteiger partial charge on any atom is 0.466 e. The average Bonchev–Trinajstić information content (AvgIpc) is 2.39. The van der Waals surface area contributed by atoms with Gasteiger partial charge in [-0.1, -0.05) is 59.6 Å². The van der Waals surface area contributed by atoms with Gasteiger partial charge in [-0.25, -0.2) is 4.57 Å². The van der Waals surface area contributed by atoms with E-state index < -0.39 is 11.7 Å². The molecule has 0 aliphatic carbocycles. The van der Waals surface area contributed by atoms with Gasteiger partial charge in [0.15, 0.2) is 0 Å². The molecule has 2 aromatic carbocycles. The minimum absolute atomic E-state index is 0.374. The van der Waals surface area contributed by atoms with Gasteiger partial charge in [-0.05, 0) is 31.2 Å². The van der Waals surface area contributed by atoms with E-state index in [2.05, 4.69) is 0 Å². The molecule has 2 aromatic rings. The van der Waals surface area contributed by atoms with Crippen molar-refractivity contribution >= 4 is 30.8 Å². The van der Waals surface area contributed by atoms with Gasteiger partial charge < -0.3 is 9.05 Å². The van der Waals surface area contributed by atoms with Gasteiger partial charge >= 0.3 is 7.60 Å². The van der Waals surface area contributed by atoms with Crippen molar-refractivity contribution in [3.05, 3.63) is 60.7 Å². The predicted octanol–water partition coefficient (Wildman–Crippen LogP) is 5.49. The van der Waals surface area contributed by atoms with Crippen molar-refractivity contribution < 1.29 is 13.6 Å². The normalized spacial score (nSPS) is 11.9. The van der Waals surface area contributed by atoms with Crippen LogP contribution in [-0.2, 0) is 4.57 Å². The van der Waals surface area contributed by atoms with Crippen LogP contribution in [0, 0.1) is 0 Å². The zero-order valence-electron chi connectivity index (χ0n) is 10.7. The van der Waals surface area contributed by atoms with E-state index in [1.165, 1.54) is 6.92 Å². The highest BCUT2D eigenvalue weighted by molar-refractivity contribution is 7.60. The summed E-state index contributed by atoms with van der Waals surface area (Å²) >= 11 is 12.0. The molecule has 0 aromatic heterocycles. The number of hydrogen-bond acceptors (Lipinski definition) is 3.